The number of hydrogen-bond acceptors (Lipinski definition) is 5. The lowest BCUT2D eigenvalue weighted by atomic mass is 9.94. The third-order valence-electron chi connectivity index (χ3n) is 3.68. The van der Waals surface area contributed by atoms with Crippen LogP contribution in [-0.2, 0) is 4.74 Å². The van der Waals surface area contributed by atoms with E-state index in [0.717, 1.165) is 5.56 Å². The van der Waals surface area contributed by atoms with Crippen molar-refractivity contribution in [2.24, 2.45) is 0 Å². The van der Waals surface area contributed by atoms with Crippen molar-refractivity contribution < 1.29 is 9.84 Å². The molecule has 1 aromatic carbocycles. The predicted molar refractivity (Wildman–Crippen MR) is 87.9 cm³/mol. The highest BCUT2D eigenvalue weighted by Gasteiger charge is 2.38. The molecule has 5 heteroatoms. The molecule has 0 saturated heterocycles. The lowest BCUT2D eigenvalue weighted by Crippen LogP contribution is -2.20. The van der Waals surface area contributed by atoms with Crippen LogP contribution in [0.15, 0.2) is 46.8 Å². The number of phenolic OH excluding ortho intramolecular Hbond substituents is 1. The van der Waals surface area contributed by atoms with Gasteiger partial charge in [-0.25, -0.2) is 0 Å². The zero-order chi connectivity index (χ0) is 17.9. The molecule has 1 aliphatic rings. The average molecular weight is 317 g/mol. The first-order valence-electron chi connectivity index (χ1n) is 7.20. The molecule has 0 atom stereocenters. The van der Waals surface area contributed by atoms with Crippen LogP contribution in [0.3, 0.4) is 0 Å². The fraction of sp³-hybridized carbons (Fsp3) is 0.211. The fourth-order valence-electron chi connectivity index (χ4n) is 2.46. The summed E-state index contributed by atoms with van der Waals surface area (Å²) in [6.45, 7) is 5.41. The van der Waals surface area contributed by atoms with Gasteiger partial charge in [0.05, 0.1) is 0 Å². The minimum absolute atomic E-state index is 0.000569. The van der Waals surface area contributed by atoms with Crippen LogP contribution in [0.4, 0.5) is 0 Å². The minimum atomic E-state index is -0.866. The van der Waals surface area contributed by atoms with Crippen molar-refractivity contribution in [3.63, 3.8) is 0 Å². The fourth-order valence-corrected chi connectivity index (χ4v) is 2.46. The molecular formula is C19H15N3O2. The molecule has 0 amide bonds. The molecule has 24 heavy (non-hydrogen) atoms. The topological polar surface area (TPSA) is 101 Å². The van der Waals surface area contributed by atoms with Crippen molar-refractivity contribution in [3.8, 4) is 24.0 Å². The van der Waals surface area contributed by atoms with Crippen LogP contribution in [0, 0.1) is 40.9 Å². The first kappa shape index (κ1) is 16.9. The summed E-state index contributed by atoms with van der Waals surface area (Å²) in [5.74, 6) is 0.124. The van der Waals surface area contributed by atoms with Gasteiger partial charge in [-0.3, -0.25) is 0 Å². The molecule has 0 radical (unpaired) electrons. The predicted octanol–water partition coefficient (Wildman–Crippen LogP) is 3.64. The zero-order valence-electron chi connectivity index (χ0n) is 13.6. The highest BCUT2D eigenvalue weighted by molar-refractivity contribution is 5.66. The lowest BCUT2D eigenvalue weighted by Gasteiger charge is -2.20. The highest BCUT2D eigenvalue weighted by Crippen LogP contribution is 2.40. The van der Waals surface area contributed by atoms with E-state index in [-0.39, 0.29) is 22.7 Å². The Morgan fingerprint density at radius 1 is 1.17 bits per heavy atom. The number of benzene rings is 1. The second-order valence-electron chi connectivity index (χ2n) is 5.84. The number of allylic oxidation sites excluding steroid dienone is 2. The minimum Gasteiger partial charge on any atom is -0.507 e. The van der Waals surface area contributed by atoms with Gasteiger partial charge in [0.15, 0.2) is 11.3 Å². The molecule has 1 heterocycles. The Morgan fingerprint density at radius 3 is 2.42 bits per heavy atom. The molecule has 118 valence electrons. The number of hydrogen-bond donors (Lipinski definition) is 1. The van der Waals surface area contributed by atoms with E-state index in [1.54, 1.807) is 50.3 Å². The molecular weight excluding hydrogens is 302 g/mol. The number of ether oxygens (including phenoxy) is 1. The number of nitrogens with zero attached hydrogens (tertiary/aromatic N) is 3. The van der Waals surface area contributed by atoms with E-state index in [0.29, 0.717) is 11.1 Å². The van der Waals surface area contributed by atoms with Gasteiger partial charge in [0, 0.05) is 11.1 Å². The summed E-state index contributed by atoms with van der Waals surface area (Å²) in [6, 6.07) is 10.7. The summed E-state index contributed by atoms with van der Waals surface area (Å²) in [5.41, 5.74) is 1.19. The average Bonchev–Trinajstić information content (AvgIpc) is 2.79. The molecule has 0 saturated carbocycles. The van der Waals surface area contributed by atoms with Crippen LogP contribution in [0.5, 0.6) is 5.75 Å². The molecule has 0 aromatic heterocycles. The number of aromatic hydroxyl groups is 1. The van der Waals surface area contributed by atoms with Crippen molar-refractivity contribution in [2.45, 2.75) is 26.4 Å². The third kappa shape index (κ3) is 3.00. The summed E-state index contributed by atoms with van der Waals surface area (Å²) in [7, 11) is 0. The van der Waals surface area contributed by atoms with E-state index in [1.165, 1.54) is 0 Å². The van der Waals surface area contributed by atoms with Gasteiger partial charge in [-0.1, -0.05) is 23.8 Å². The van der Waals surface area contributed by atoms with Crippen molar-refractivity contribution in [1.29, 1.82) is 15.8 Å². The van der Waals surface area contributed by atoms with Crippen molar-refractivity contribution in [2.75, 3.05) is 0 Å². The first-order valence-corrected chi connectivity index (χ1v) is 7.20. The Labute approximate surface area is 140 Å². The molecule has 1 N–H and O–H groups in total. The molecule has 0 spiro atoms. The van der Waals surface area contributed by atoms with E-state index in [1.807, 2.05) is 19.1 Å². The number of nitriles is 3. The van der Waals surface area contributed by atoms with Crippen molar-refractivity contribution in [3.05, 3.63) is 57.9 Å². The lowest BCUT2D eigenvalue weighted by molar-refractivity contribution is 0.0954. The molecule has 1 aromatic rings. The Morgan fingerprint density at radius 2 is 1.83 bits per heavy atom. The van der Waals surface area contributed by atoms with Gasteiger partial charge in [0.2, 0.25) is 0 Å². The summed E-state index contributed by atoms with van der Waals surface area (Å²) >= 11 is 0. The highest BCUT2D eigenvalue weighted by atomic mass is 16.5. The quantitative estimate of drug-likeness (QED) is 0.839. The van der Waals surface area contributed by atoms with Gasteiger partial charge in [-0.05, 0) is 32.9 Å². The van der Waals surface area contributed by atoms with Gasteiger partial charge in [0.25, 0.3) is 0 Å². The molecule has 0 unspecified atom stereocenters. The summed E-state index contributed by atoms with van der Waals surface area (Å²) in [5, 5.41) is 37.4. The van der Waals surface area contributed by atoms with Crippen LogP contribution < -0.4 is 0 Å². The molecule has 1 aliphatic heterocycles. The second-order valence-corrected chi connectivity index (χ2v) is 5.84. The second kappa shape index (κ2) is 6.32. The maximum absolute atomic E-state index is 9.92. The van der Waals surface area contributed by atoms with Crippen molar-refractivity contribution in [1.82, 2.24) is 0 Å². The Bertz CT molecular complexity index is 897. The van der Waals surface area contributed by atoms with Crippen LogP contribution in [0.1, 0.15) is 25.0 Å². The molecule has 2 rings (SSSR count). The van der Waals surface area contributed by atoms with Gasteiger partial charge < -0.3 is 9.84 Å². The van der Waals surface area contributed by atoms with Crippen LogP contribution in [0.25, 0.3) is 6.08 Å². The van der Waals surface area contributed by atoms with E-state index in [4.69, 9.17) is 15.3 Å². The number of rotatable bonds is 2. The third-order valence-corrected chi connectivity index (χ3v) is 3.68. The smallest absolute Gasteiger partial charge is 0.172 e. The Hall–Kier alpha value is -3.49. The summed E-state index contributed by atoms with van der Waals surface area (Å²) in [6.07, 6.45) is 3.36. The van der Waals surface area contributed by atoms with Crippen LogP contribution >= 0.6 is 0 Å². The van der Waals surface area contributed by atoms with Crippen LogP contribution in [-0.4, -0.2) is 10.7 Å². The maximum Gasteiger partial charge on any atom is 0.172 e. The van der Waals surface area contributed by atoms with E-state index in [9.17, 15) is 10.4 Å². The van der Waals surface area contributed by atoms with Gasteiger partial charge in [-0.2, -0.15) is 15.8 Å². The van der Waals surface area contributed by atoms with Crippen LogP contribution in [0.2, 0.25) is 0 Å². The van der Waals surface area contributed by atoms with E-state index in [2.05, 4.69) is 0 Å². The Kier molecular flexibility index (Phi) is 4.45. The molecule has 5 nitrogen and oxygen atoms in total. The van der Waals surface area contributed by atoms with E-state index < -0.39 is 5.60 Å². The SMILES string of the molecule is Cc1ccc(O)c(/C=C/C2=C(C#N)C(=C(C#N)C#N)OC2(C)C)c1. The number of phenols is 1. The molecule has 0 bridgehead atoms. The largest absolute Gasteiger partial charge is 0.507 e. The first-order chi connectivity index (χ1) is 11.3. The monoisotopic (exact) mass is 317 g/mol. The van der Waals surface area contributed by atoms with Gasteiger partial charge in [0.1, 0.15) is 35.1 Å². The zero-order valence-corrected chi connectivity index (χ0v) is 13.6. The number of aryl methyl sites for hydroxylation is 1. The van der Waals surface area contributed by atoms with E-state index >= 15 is 0 Å². The van der Waals surface area contributed by atoms with Gasteiger partial charge >= 0.3 is 0 Å². The normalized spacial score (nSPS) is 15.6. The summed E-state index contributed by atoms with van der Waals surface area (Å²) in [4.78, 5) is 0. The van der Waals surface area contributed by atoms with Gasteiger partial charge in [-0.15, -0.1) is 0 Å². The Balaban J connectivity index is 2.60. The molecule has 0 aliphatic carbocycles. The molecule has 0 fully saturated rings. The standard InChI is InChI=1S/C19H15N3O2/c1-12-4-7-17(23)13(8-12)5-6-16-15(11-22)18(14(9-20)10-21)24-19(16,2)3/h4-8,23H,1-3H3/b6-5+. The van der Waals surface area contributed by atoms with Crippen molar-refractivity contribution >= 4 is 6.08 Å². The maximum atomic E-state index is 9.92. The summed E-state index contributed by atoms with van der Waals surface area (Å²) < 4.78 is 5.68.